The summed E-state index contributed by atoms with van der Waals surface area (Å²) in [7, 11) is 0. The van der Waals surface area contributed by atoms with Gasteiger partial charge in [0.2, 0.25) is 11.8 Å². The third-order valence-electron chi connectivity index (χ3n) is 3.10. The zero-order valence-electron chi connectivity index (χ0n) is 10.7. The first-order valence-corrected chi connectivity index (χ1v) is 6.60. The van der Waals surface area contributed by atoms with E-state index >= 15 is 0 Å². The Bertz CT molecular complexity index is 543. The van der Waals surface area contributed by atoms with Gasteiger partial charge in [0.25, 0.3) is 0 Å². The predicted octanol–water partition coefficient (Wildman–Crippen LogP) is 2.23. The van der Waals surface area contributed by atoms with Crippen LogP contribution in [0.4, 0.5) is 0 Å². The van der Waals surface area contributed by atoms with Crippen molar-refractivity contribution in [2.24, 2.45) is 0 Å². The van der Waals surface area contributed by atoms with Gasteiger partial charge in [-0.2, -0.15) is 0 Å². The number of piperazine rings is 1. The van der Waals surface area contributed by atoms with E-state index in [-0.39, 0.29) is 24.9 Å². The van der Waals surface area contributed by atoms with Gasteiger partial charge in [0.15, 0.2) is 0 Å². The molecule has 0 spiro atoms. The van der Waals surface area contributed by atoms with Crippen molar-refractivity contribution >= 4 is 35.0 Å². The number of halogens is 2. The quantitative estimate of drug-likeness (QED) is 0.852. The summed E-state index contributed by atoms with van der Waals surface area (Å²) in [6, 6.07) is 4.99. The van der Waals surface area contributed by atoms with E-state index in [0.717, 1.165) is 0 Å². The number of carbonyl (C=O) groups is 2. The Morgan fingerprint density at radius 2 is 2.00 bits per heavy atom. The van der Waals surface area contributed by atoms with Crippen LogP contribution < -0.4 is 5.32 Å². The van der Waals surface area contributed by atoms with Crippen molar-refractivity contribution in [2.75, 3.05) is 6.54 Å². The van der Waals surface area contributed by atoms with Crippen molar-refractivity contribution < 1.29 is 9.59 Å². The molecule has 0 atom stereocenters. The minimum Gasteiger partial charge on any atom is -0.295 e. The predicted molar refractivity (Wildman–Crippen MR) is 74.1 cm³/mol. The molecule has 2 amide bonds. The van der Waals surface area contributed by atoms with Gasteiger partial charge in [-0.15, -0.1) is 0 Å². The largest absolute Gasteiger partial charge is 0.295 e. The number of carbonyl (C=O) groups excluding carboxylic acids is 2. The molecule has 1 aliphatic heterocycles. The highest BCUT2D eigenvalue weighted by Gasteiger charge is 2.39. The van der Waals surface area contributed by atoms with Crippen LogP contribution in [-0.2, 0) is 16.1 Å². The molecular weight excluding hydrogens is 287 g/mol. The molecule has 6 heteroatoms. The van der Waals surface area contributed by atoms with Gasteiger partial charge in [-0.05, 0) is 37.6 Å². The molecule has 0 radical (unpaired) electrons. The summed E-state index contributed by atoms with van der Waals surface area (Å²) >= 11 is 12.0. The molecule has 19 heavy (non-hydrogen) atoms. The van der Waals surface area contributed by atoms with Crippen LogP contribution in [0.25, 0.3) is 0 Å². The monoisotopic (exact) mass is 300 g/mol. The molecule has 2 rings (SSSR count). The lowest BCUT2D eigenvalue weighted by atomic mass is 10.00. The zero-order chi connectivity index (χ0) is 14.2. The Hall–Kier alpha value is -1.10. The lowest BCUT2D eigenvalue weighted by Gasteiger charge is -2.36. The number of rotatable bonds is 2. The molecule has 0 saturated carbocycles. The van der Waals surface area contributed by atoms with Gasteiger partial charge in [0.05, 0.1) is 18.6 Å². The lowest BCUT2D eigenvalue weighted by molar-refractivity contribution is -0.153. The van der Waals surface area contributed by atoms with Gasteiger partial charge in [-0.25, -0.2) is 0 Å². The van der Waals surface area contributed by atoms with Crippen LogP contribution >= 0.6 is 23.2 Å². The van der Waals surface area contributed by atoms with Crippen molar-refractivity contribution in [3.05, 3.63) is 33.8 Å². The van der Waals surface area contributed by atoms with Crippen LogP contribution in [0.15, 0.2) is 18.2 Å². The molecule has 1 aromatic rings. The Balaban J connectivity index is 2.28. The highest BCUT2D eigenvalue weighted by molar-refractivity contribution is 6.33. The third kappa shape index (κ3) is 2.91. The number of nitrogens with one attached hydrogen (secondary N) is 1. The molecule has 1 aromatic carbocycles. The second kappa shape index (κ2) is 5.12. The van der Waals surface area contributed by atoms with Gasteiger partial charge < -0.3 is 0 Å². The molecule has 1 aliphatic rings. The van der Waals surface area contributed by atoms with Gasteiger partial charge in [-0.3, -0.25) is 19.8 Å². The average Bonchev–Trinajstić information content (AvgIpc) is 2.34. The SMILES string of the molecule is CC1(C)NCC(=O)N(Cc2cc(Cl)ccc2Cl)C1=O. The Labute approximate surface area is 121 Å². The highest BCUT2D eigenvalue weighted by Crippen LogP contribution is 2.24. The van der Waals surface area contributed by atoms with E-state index < -0.39 is 5.54 Å². The van der Waals surface area contributed by atoms with Gasteiger partial charge in [-0.1, -0.05) is 23.2 Å². The van der Waals surface area contributed by atoms with E-state index in [1.807, 2.05) is 0 Å². The Morgan fingerprint density at radius 3 is 2.68 bits per heavy atom. The fourth-order valence-electron chi connectivity index (χ4n) is 1.91. The first-order valence-electron chi connectivity index (χ1n) is 5.85. The average molecular weight is 301 g/mol. The van der Waals surface area contributed by atoms with Crippen LogP contribution in [-0.4, -0.2) is 28.8 Å². The molecule has 4 nitrogen and oxygen atoms in total. The minimum atomic E-state index is -0.751. The van der Waals surface area contributed by atoms with E-state index in [4.69, 9.17) is 23.2 Å². The van der Waals surface area contributed by atoms with Crippen molar-refractivity contribution in [1.29, 1.82) is 0 Å². The normalized spacial score (nSPS) is 18.8. The van der Waals surface area contributed by atoms with E-state index in [0.29, 0.717) is 15.6 Å². The summed E-state index contributed by atoms with van der Waals surface area (Å²) in [5.74, 6) is -0.528. The lowest BCUT2D eigenvalue weighted by Crippen LogP contribution is -2.63. The van der Waals surface area contributed by atoms with E-state index in [1.165, 1.54) is 4.90 Å². The first kappa shape index (κ1) is 14.3. The molecular formula is C13H14Cl2N2O2. The number of nitrogens with zero attached hydrogens (tertiary/aromatic N) is 1. The van der Waals surface area contributed by atoms with Crippen LogP contribution in [0.2, 0.25) is 10.0 Å². The summed E-state index contributed by atoms with van der Waals surface area (Å²) in [6.45, 7) is 3.77. The number of amides is 2. The van der Waals surface area contributed by atoms with Crippen molar-refractivity contribution in [3.63, 3.8) is 0 Å². The summed E-state index contributed by atoms with van der Waals surface area (Å²) in [5.41, 5.74) is -0.0903. The van der Waals surface area contributed by atoms with Crippen LogP contribution in [0, 0.1) is 0 Å². The maximum atomic E-state index is 12.2. The molecule has 102 valence electrons. The van der Waals surface area contributed by atoms with Crippen molar-refractivity contribution in [1.82, 2.24) is 10.2 Å². The van der Waals surface area contributed by atoms with E-state index in [1.54, 1.807) is 32.0 Å². The molecule has 1 N–H and O–H groups in total. The standard InChI is InChI=1S/C13H14Cl2N2O2/c1-13(2)12(19)17(11(18)6-16-13)7-8-5-9(14)3-4-10(8)15/h3-5,16H,6-7H2,1-2H3. The van der Waals surface area contributed by atoms with Gasteiger partial charge >= 0.3 is 0 Å². The van der Waals surface area contributed by atoms with Crippen LogP contribution in [0.3, 0.4) is 0 Å². The molecule has 1 saturated heterocycles. The molecule has 0 aliphatic carbocycles. The van der Waals surface area contributed by atoms with E-state index in [2.05, 4.69) is 5.32 Å². The molecule has 0 unspecified atom stereocenters. The van der Waals surface area contributed by atoms with Gasteiger partial charge in [0.1, 0.15) is 0 Å². The summed E-state index contributed by atoms with van der Waals surface area (Å²) in [4.78, 5) is 25.3. The summed E-state index contributed by atoms with van der Waals surface area (Å²) < 4.78 is 0. The van der Waals surface area contributed by atoms with Gasteiger partial charge in [0, 0.05) is 10.0 Å². The summed E-state index contributed by atoms with van der Waals surface area (Å²) in [6.07, 6.45) is 0. The Morgan fingerprint density at radius 1 is 1.32 bits per heavy atom. The molecule has 0 aromatic heterocycles. The van der Waals surface area contributed by atoms with Crippen molar-refractivity contribution in [3.8, 4) is 0 Å². The number of hydrogen-bond acceptors (Lipinski definition) is 3. The molecule has 0 bridgehead atoms. The Kier molecular flexibility index (Phi) is 3.85. The second-order valence-electron chi connectivity index (χ2n) is 5.00. The van der Waals surface area contributed by atoms with Crippen LogP contribution in [0.1, 0.15) is 19.4 Å². The minimum absolute atomic E-state index is 0.136. The molecule has 1 fully saturated rings. The fraction of sp³-hybridized carbons (Fsp3) is 0.385. The van der Waals surface area contributed by atoms with Crippen molar-refractivity contribution in [2.45, 2.75) is 25.9 Å². The zero-order valence-corrected chi connectivity index (χ0v) is 12.2. The fourth-order valence-corrected chi connectivity index (χ4v) is 2.29. The third-order valence-corrected chi connectivity index (χ3v) is 3.70. The highest BCUT2D eigenvalue weighted by atomic mass is 35.5. The molecule has 1 heterocycles. The number of benzene rings is 1. The summed E-state index contributed by atoms with van der Waals surface area (Å²) in [5, 5.41) is 3.91. The maximum absolute atomic E-state index is 12.2. The maximum Gasteiger partial charge on any atom is 0.249 e. The van der Waals surface area contributed by atoms with Crippen LogP contribution in [0.5, 0.6) is 0 Å². The number of imide groups is 1. The topological polar surface area (TPSA) is 49.4 Å². The smallest absolute Gasteiger partial charge is 0.249 e. The first-order chi connectivity index (χ1) is 8.81. The number of hydrogen-bond donors (Lipinski definition) is 1. The second-order valence-corrected chi connectivity index (χ2v) is 5.84. The van der Waals surface area contributed by atoms with E-state index in [9.17, 15) is 9.59 Å².